The van der Waals surface area contributed by atoms with E-state index in [2.05, 4.69) is 0 Å². The Labute approximate surface area is 193 Å². The van der Waals surface area contributed by atoms with Gasteiger partial charge in [0.05, 0.1) is 25.4 Å². The Hall–Kier alpha value is -0.600. The summed E-state index contributed by atoms with van der Waals surface area (Å²) in [4.78, 5) is 0. The van der Waals surface area contributed by atoms with Crippen LogP contribution in [0.25, 0.3) is 0 Å². The van der Waals surface area contributed by atoms with Crippen molar-refractivity contribution in [1.29, 1.82) is 0 Å². The van der Waals surface area contributed by atoms with Crippen molar-refractivity contribution >= 4 is 0 Å². The third kappa shape index (κ3) is 5.39. The Bertz CT molecular complexity index is 635. The average Bonchev–Trinajstić information content (AvgIpc) is 2.83. The van der Waals surface area contributed by atoms with Crippen molar-refractivity contribution in [2.75, 3.05) is 19.8 Å². The summed E-state index contributed by atoms with van der Waals surface area (Å²) in [7, 11) is 0. The van der Waals surface area contributed by atoms with Crippen LogP contribution in [0.15, 0.2) is 0 Å². The zero-order valence-corrected chi connectivity index (χ0v) is 18.0. The first-order valence-corrected chi connectivity index (χ1v) is 10.9. The van der Waals surface area contributed by atoms with Gasteiger partial charge in [0.2, 0.25) is 0 Å². The van der Waals surface area contributed by atoms with Crippen LogP contribution in [0, 0.1) is 5.92 Å². The summed E-state index contributed by atoms with van der Waals surface area (Å²) in [5, 5.41) is 110. The van der Waals surface area contributed by atoms with Gasteiger partial charge in [0, 0.05) is 12.5 Å². The molecule has 3 rings (SSSR count). The highest BCUT2D eigenvalue weighted by atomic mass is 16.7. The van der Waals surface area contributed by atoms with Crippen molar-refractivity contribution in [2.24, 2.45) is 5.92 Å². The Morgan fingerprint density at radius 3 is 1.71 bits per heavy atom. The molecule has 0 amide bonds. The van der Waals surface area contributed by atoms with E-state index in [-0.39, 0.29) is 6.42 Å². The van der Waals surface area contributed by atoms with E-state index in [4.69, 9.17) is 18.9 Å². The van der Waals surface area contributed by atoms with Gasteiger partial charge in [-0.3, -0.25) is 0 Å². The summed E-state index contributed by atoms with van der Waals surface area (Å²) in [5.41, 5.74) is 0. The van der Waals surface area contributed by atoms with E-state index in [1.807, 2.05) is 0 Å². The van der Waals surface area contributed by atoms with Crippen LogP contribution in [-0.2, 0) is 18.9 Å². The van der Waals surface area contributed by atoms with Gasteiger partial charge >= 0.3 is 0 Å². The molecule has 0 aromatic rings. The predicted octanol–water partition coefficient (Wildman–Crippen LogP) is -6.91. The minimum atomic E-state index is -1.85. The van der Waals surface area contributed by atoms with Crippen molar-refractivity contribution in [3.8, 4) is 0 Å². The van der Waals surface area contributed by atoms with Crippen LogP contribution >= 0.6 is 0 Å². The van der Waals surface area contributed by atoms with E-state index < -0.39 is 112 Å². The van der Waals surface area contributed by atoms with Gasteiger partial charge in [-0.25, -0.2) is 0 Å². The molecule has 2 heterocycles. The van der Waals surface area contributed by atoms with Gasteiger partial charge in [0.1, 0.15) is 61.0 Å². The summed E-state index contributed by atoms with van der Waals surface area (Å²) in [6.45, 7) is -2.03. The Morgan fingerprint density at radius 1 is 0.559 bits per heavy atom. The fourth-order valence-corrected chi connectivity index (χ4v) is 4.52. The normalized spacial score (nSPS) is 52.5. The maximum Gasteiger partial charge on any atom is 0.187 e. The van der Waals surface area contributed by atoms with Crippen molar-refractivity contribution in [1.82, 2.24) is 0 Å². The smallest absolute Gasteiger partial charge is 0.187 e. The van der Waals surface area contributed by atoms with Crippen LogP contribution < -0.4 is 0 Å². The Kier molecular flexibility index (Phi) is 9.57. The third-order valence-electron chi connectivity index (χ3n) is 6.62. The highest BCUT2D eigenvalue weighted by Gasteiger charge is 2.52. The number of rotatable bonds is 7. The van der Waals surface area contributed by atoms with Gasteiger partial charge in [-0.05, 0) is 6.42 Å². The van der Waals surface area contributed by atoms with Crippen molar-refractivity contribution < 1.29 is 75.1 Å². The first-order chi connectivity index (χ1) is 16.0. The molecule has 15 heteroatoms. The minimum absolute atomic E-state index is 0.114. The molecule has 34 heavy (non-hydrogen) atoms. The molecule has 0 aromatic heterocycles. The number of aliphatic hydroxyl groups excluding tert-OH is 11. The molecule has 3 fully saturated rings. The number of hydrogen-bond donors (Lipinski definition) is 11. The van der Waals surface area contributed by atoms with Gasteiger partial charge in [0.15, 0.2) is 12.6 Å². The molecule has 0 bridgehead atoms. The monoisotopic (exact) mass is 502 g/mol. The second kappa shape index (κ2) is 11.6. The van der Waals surface area contributed by atoms with Crippen LogP contribution in [0.3, 0.4) is 0 Å². The van der Waals surface area contributed by atoms with Gasteiger partial charge in [-0.1, -0.05) is 0 Å². The second-order valence-corrected chi connectivity index (χ2v) is 8.83. The highest BCUT2D eigenvalue weighted by molar-refractivity contribution is 4.98. The maximum absolute atomic E-state index is 10.7. The fourth-order valence-electron chi connectivity index (χ4n) is 4.52. The molecule has 0 aromatic carbocycles. The van der Waals surface area contributed by atoms with Crippen LogP contribution in [0.2, 0.25) is 0 Å². The third-order valence-corrected chi connectivity index (χ3v) is 6.62. The lowest BCUT2D eigenvalue weighted by molar-refractivity contribution is -0.361. The first kappa shape index (κ1) is 28.0. The van der Waals surface area contributed by atoms with Crippen LogP contribution in [0.1, 0.15) is 6.42 Å². The molecule has 0 spiro atoms. The molecule has 15 atom stereocenters. The Morgan fingerprint density at radius 2 is 1.12 bits per heavy atom. The van der Waals surface area contributed by atoms with Crippen LogP contribution in [0.5, 0.6) is 0 Å². The molecular formula is C19H34O15. The molecule has 3 aliphatic rings. The van der Waals surface area contributed by atoms with Gasteiger partial charge in [0.25, 0.3) is 0 Å². The van der Waals surface area contributed by atoms with Crippen molar-refractivity contribution in [3.05, 3.63) is 0 Å². The van der Waals surface area contributed by atoms with Gasteiger partial charge in [-0.2, -0.15) is 0 Å². The molecule has 1 aliphatic carbocycles. The Balaban J connectivity index is 1.72. The summed E-state index contributed by atoms with van der Waals surface area (Å²) in [6, 6.07) is 0. The summed E-state index contributed by atoms with van der Waals surface area (Å²) in [5.74, 6) is -0.844. The zero-order valence-electron chi connectivity index (χ0n) is 18.0. The van der Waals surface area contributed by atoms with Crippen LogP contribution in [-0.4, -0.2) is 162 Å². The minimum Gasteiger partial charge on any atom is -0.396 e. The van der Waals surface area contributed by atoms with E-state index in [9.17, 15) is 56.2 Å². The summed E-state index contributed by atoms with van der Waals surface area (Å²) in [6.07, 6.45) is -22.4. The predicted molar refractivity (Wildman–Crippen MR) is 104 cm³/mol. The molecule has 2 saturated heterocycles. The van der Waals surface area contributed by atoms with E-state index in [1.54, 1.807) is 0 Å². The number of ether oxygens (including phenoxy) is 4. The lowest BCUT2D eigenvalue weighted by Crippen LogP contribution is -2.66. The molecule has 11 N–H and O–H groups in total. The quantitative estimate of drug-likeness (QED) is 0.154. The summed E-state index contributed by atoms with van der Waals surface area (Å²) >= 11 is 0. The highest BCUT2D eigenvalue weighted by Crippen LogP contribution is 2.33. The van der Waals surface area contributed by atoms with Crippen molar-refractivity contribution in [2.45, 2.75) is 92.2 Å². The van der Waals surface area contributed by atoms with E-state index in [0.717, 1.165) is 0 Å². The SMILES string of the molecule is OCC1C[C@@H](O[C@H]2C(O)C(O)[C@@H](O[C@H]3C(CO)O[C@@H](O)C(O)[C@H]3O)O[C@@H]2CO)C(O)[C@@H](O)[C@H]1O. The molecule has 6 unspecified atom stereocenters. The lowest BCUT2D eigenvalue weighted by atomic mass is 9.81. The fraction of sp³-hybridized carbons (Fsp3) is 1.00. The van der Waals surface area contributed by atoms with E-state index in [1.165, 1.54) is 0 Å². The maximum atomic E-state index is 10.7. The van der Waals surface area contributed by atoms with Gasteiger partial charge in [-0.15, -0.1) is 0 Å². The lowest BCUT2D eigenvalue weighted by Gasteiger charge is -2.48. The number of hydrogen-bond acceptors (Lipinski definition) is 15. The first-order valence-electron chi connectivity index (χ1n) is 10.9. The van der Waals surface area contributed by atoms with Gasteiger partial charge < -0.3 is 75.1 Å². The second-order valence-electron chi connectivity index (χ2n) is 8.83. The molecule has 15 nitrogen and oxygen atoms in total. The standard InChI is InChI=1S/C19H34O15/c20-2-5-1-6(10(24)11(25)9(5)23)31-16-8(4-22)33-19(15(29)13(16)27)34-17-7(3-21)32-18(30)14(28)12(17)26/h5-30H,1-4H2/t5?,6-,7?,8-,9+,10?,11+,12-,13?,14?,15?,16-,17+,18-,19-/m1/s1. The summed E-state index contributed by atoms with van der Waals surface area (Å²) < 4.78 is 21.5. The average molecular weight is 502 g/mol. The van der Waals surface area contributed by atoms with E-state index >= 15 is 0 Å². The van der Waals surface area contributed by atoms with Crippen LogP contribution in [0.4, 0.5) is 0 Å². The zero-order chi connectivity index (χ0) is 25.3. The molecule has 0 radical (unpaired) electrons. The van der Waals surface area contributed by atoms with E-state index in [0.29, 0.717) is 0 Å². The van der Waals surface area contributed by atoms with Crippen molar-refractivity contribution in [3.63, 3.8) is 0 Å². The molecular weight excluding hydrogens is 468 g/mol. The topological polar surface area (TPSA) is 259 Å². The molecule has 200 valence electrons. The molecule has 1 saturated carbocycles. The molecule has 2 aliphatic heterocycles. The number of aliphatic hydroxyl groups is 11. The largest absolute Gasteiger partial charge is 0.396 e.